The molecule has 2 aromatic carbocycles. The van der Waals surface area contributed by atoms with Gasteiger partial charge in [0.05, 0.1) is 12.0 Å². The van der Waals surface area contributed by atoms with Crippen LogP contribution in [-0.2, 0) is 11.4 Å². The standard InChI is InChI=1S/C25H26FNO3S2/c1-29-22-14-18(10-11-21(22)30-16-19-8-4-5-9-20(19)26)15-23-24(28)27(25(31)32-23)13-12-17-6-2-3-7-17/h4-5,8-11,14-15,17H,2-3,6-7,12-13,16H2,1H3/b23-15-. The van der Waals surface area contributed by atoms with Crippen molar-refractivity contribution < 1.29 is 18.7 Å². The predicted octanol–water partition coefficient (Wildman–Crippen LogP) is 6.19. The first-order valence-electron chi connectivity index (χ1n) is 10.8. The molecule has 1 heterocycles. The highest BCUT2D eigenvalue weighted by molar-refractivity contribution is 8.26. The molecule has 32 heavy (non-hydrogen) atoms. The molecule has 1 aliphatic carbocycles. The van der Waals surface area contributed by atoms with Crippen molar-refractivity contribution in [3.8, 4) is 11.5 Å². The Morgan fingerprint density at radius 1 is 1.19 bits per heavy atom. The van der Waals surface area contributed by atoms with E-state index in [2.05, 4.69) is 0 Å². The fraction of sp³-hybridized carbons (Fsp3) is 0.360. The Bertz CT molecular complexity index is 1030. The molecule has 0 aromatic heterocycles. The van der Waals surface area contributed by atoms with E-state index in [1.54, 1.807) is 36.3 Å². The first kappa shape index (κ1) is 22.8. The largest absolute Gasteiger partial charge is 0.493 e. The third-order valence-electron chi connectivity index (χ3n) is 5.94. The molecule has 1 amide bonds. The van der Waals surface area contributed by atoms with Crippen LogP contribution in [0.25, 0.3) is 6.08 Å². The highest BCUT2D eigenvalue weighted by Gasteiger charge is 2.32. The number of methoxy groups -OCH3 is 1. The maximum atomic E-state index is 13.8. The van der Waals surface area contributed by atoms with Gasteiger partial charge in [0, 0.05) is 12.1 Å². The van der Waals surface area contributed by atoms with Gasteiger partial charge in [0.15, 0.2) is 11.5 Å². The van der Waals surface area contributed by atoms with Gasteiger partial charge >= 0.3 is 0 Å². The van der Waals surface area contributed by atoms with E-state index in [9.17, 15) is 9.18 Å². The molecule has 7 heteroatoms. The number of hydrogen-bond acceptors (Lipinski definition) is 5. The van der Waals surface area contributed by atoms with Crippen LogP contribution in [0.4, 0.5) is 4.39 Å². The highest BCUT2D eigenvalue weighted by Crippen LogP contribution is 2.36. The van der Waals surface area contributed by atoms with Gasteiger partial charge in [-0.2, -0.15) is 0 Å². The Labute approximate surface area is 197 Å². The molecule has 1 saturated carbocycles. The summed E-state index contributed by atoms with van der Waals surface area (Å²) in [5, 5.41) is 0. The Morgan fingerprint density at radius 3 is 2.72 bits per heavy atom. The van der Waals surface area contributed by atoms with Crippen LogP contribution >= 0.6 is 24.0 Å². The van der Waals surface area contributed by atoms with Crippen LogP contribution in [0.2, 0.25) is 0 Å². The molecule has 0 bridgehead atoms. The van der Waals surface area contributed by atoms with Crippen molar-refractivity contribution in [2.24, 2.45) is 5.92 Å². The average molecular weight is 472 g/mol. The number of carbonyl (C=O) groups is 1. The van der Waals surface area contributed by atoms with Crippen molar-refractivity contribution in [1.82, 2.24) is 4.90 Å². The summed E-state index contributed by atoms with van der Waals surface area (Å²) in [6.07, 6.45) is 7.96. The summed E-state index contributed by atoms with van der Waals surface area (Å²) < 4.78 is 25.7. The summed E-state index contributed by atoms with van der Waals surface area (Å²) in [5.74, 6) is 1.41. The van der Waals surface area contributed by atoms with Gasteiger partial charge in [-0.3, -0.25) is 9.69 Å². The molecule has 2 aromatic rings. The van der Waals surface area contributed by atoms with Gasteiger partial charge in [-0.1, -0.05) is 73.9 Å². The molecule has 0 N–H and O–H groups in total. The molecular weight excluding hydrogens is 445 g/mol. The van der Waals surface area contributed by atoms with E-state index < -0.39 is 0 Å². The zero-order valence-corrected chi connectivity index (χ0v) is 19.6. The smallest absolute Gasteiger partial charge is 0.266 e. The van der Waals surface area contributed by atoms with Gasteiger partial charge in [-0.15, -0.1) is 0 Å². The lowest BCUT2D eigenvalue weighted by Gasteiger charge is -2.17. The molecule has 0 unspecified atom stereocenters. The molecular formula is C25H26FNO3S2. The van der Waals surface area contributed by atoms with Crippen molar-refractivity contribution in [2.75, 3.05) is 13.7 Å². The SMILES string of the molecule is COc1cc(/C=C2\SC(=S)N(CCC3CCCC3)C2=O)ccc1OCc1ccccc1F. The molecule has 0 radical (unpaired) electrons. The minimum Gasteiger partial charge on any atom is -0.493 e. The first-order chi connectivity index (χ1) is 15.5. The van der Waals surface area contributed by atoms with Crippen LogP contribution in [0.1, 0.15) is 43.2 Å². The lowest BCUT2D eigenvalue weighted by Crippen LogP contribution is -2.30. The van der Waals surface area contributed by atoms with Gasteiger partial charge in [-0.25, -0.2) is 4.39 Å². The van der Waals surface area contributed by atoms with E-state index in [1.807, 2.05) is 18.2 Å². The fourth-order valence-electron chi connectivity index (χ4n) is 4.12. The van der Waals surface area contributed by atoms with Gasteiger partial charge in [0.2, 0.25) is 0 Å². The van der Waals surface area contributed by atoms with Crippen LogP contribution in [-0.4, -0.2) is 28.8 Å². The molecule has 0 spiro atoms. The second-order valence-corrected chi connectivity index (χ2v) is 9.74. The zero-order chi connectivity index (χ0) is 22.5. The number of rotatable bonds is 8. The zero-order valence-electron chi connectivity index (χ0n) is 18.0. The maximum absolute atomic E-state index is 13.8. The average Bonchev–Trinajstić information content (AvgIpc) is 3.40. The summed E-state index contributed by atoms with van der Waals surface area (Å²) in [5.41, 5.74) is 1.29. The normalized spacial score (nSPS) is 18.1. The number of halogens is 1. The molecule has 168 valence electrons. The Balaban J connectivity index is 1.43. The van der Waals surface area contributed by atoms with Crippen LogP contribution < -0.4 is 9.47 Å². The second-order valence-electron chi connectivity index (χ2n) is 8.06. The van der Waals surface area contributed by atoms with Gasteiger partial charge < -0.3 is 9.47 Å². The lowest BCUT2D eigenvalue weighted by atomic mass is 10.0. The second kappa shape index (κ2) is 10.5. The molecule has 0 atom stereocenters. The molecule has 2 aliphatic rings. The van der Waals surface area contributed by atoms with Crippen LogP contribution in [0.5, 0.6) is 11.5 Å². The predicted molar refractivity (Wildman–Crippen MR) is 130 cm³/mol. The van der Waals surface area contributed by atoms with Crippen molar-refractivity contribution >= 4 is 40.3 Å². The summed E-state index contributed by atoms with van der Waals surface area (Å²) in [6.45, 7) is 0.793. The molecule has 4 rings (SSSR count). The molecule has 2 fully saturated rings. The minimum atomic E-state index is -0.307. The fourth-order valence-corrected chi connectivity index (χ4v) is 5.43. The van der Waals surface area contributed by atoms with Crippen molar-refractivity contribution in [3.05, 3.63) is 64.3 Å². The number of amides is 1. The number of thiocarbonyl (C=S) groups is 1. The van der Waals surface area contributed by atoms with E-state index in [0.717, 1.165) is 12.0 Å². The van der Waals surface area contributed by atoms with E-state index in [4.69, 9.17) is 21.7 Å². The summed E-state index contributed by atoms with van der Waals surface area (Å²) in [4.78, 5) is 15.2. The third-order valence-corrected chi connectivity index (χ3v) is 7.31. The van der Waals surface area contributed by atoms with Gasteiger partial charge in [0.25, 0.3) is 5.91 Å². The van der Waals surface area contributed by atoms with Crippen LogP contribution in [0.3, 0.4) is 0 Å². The Kier molecular flexibility index (Phi) is 7.48. The first-order valence-corrected chi connectivity index (χ1v) is 12.1. The number of nitrogens with zero attached hydrogens (tertiary/aromatic N) is 1. The van der Waals surface area contributed by atoms with Crippen LogP contribution in [0, 0.1) is 11.7 Å². The number of thioether (sulfide) groups is 1. The summed E-state index contributed by atoms with van der Waals surface area (Å²) in [7, 11) is 1.55. The summed E-state index contributed by atoms with van der Waals surface area (Å²) in [6, 6.07) is 11.9. The quantitative estimate of drug-likeness (QED) is 0.339. The Morgan fingerprint density at radius 2 is 1.97 bits per heavy atom. The van der Waals surface area contributed by atoms with E-state index in [1.165, 1.54) is 43.5 Å². The number of carbonyl (C=O) groups excluding carboxylic acids is 1. The Hall–Kier alpha value is -2.38. The summed E-state index contributed by atoms with van der Waals surface area (Å²) >= 11 is 6.80. The minimum absolute atomic E-state index is 0.0307. The third kappa shape index (κ3) is 5.33. The van der Waals surface area contributed by atoms with Crippen molar-refractivity contribution in [1.29, 1.82) is 0 Å². The van der Waals surface area contributed by atoms with Crippen molar-refractivity contribution in [3.63, 3.8) is 0 Å². The van der Waals surface area contributed by atoms with Crippen LogP contribution in [0.15, 0.2) is 47.4 Å². The maximum Gasteiger partial charge on any atom is 0.266 e. The highest BCUT2D eigenvalue weighted by atomic mass is 32.2. The van der Waals surface area contributed by atoms with E-state index in [0.29, 0.717) is 38.8 Å². The number of hydrogen-bond donors (Lipinski definition) is 0. The molecule has 4 nitrogen and oxygen atoms in total. The number of benzene rings is 2. The lowest BCUT2D eigenvalue weighted by molar-refractivity contribution is -0.122. The number of ether oxygens (including phenoxy) is 2. The van der Waals surface area contributed by atoms with Gasteiger partial charge in [0.1, 0.15) is 16.7 Å². The van der Waals surface area contributed by atoms with E-state index >= 15 is 0 Å². The molecule has 1 aliphatic heterocycles. The van der Waals surface area contributed by atoms with Crippen molar-refractivity contribution in [2.45, 2.75) is 38.7 Å². The topological polar surface area (TPSA) is 38.8 Å². The van der Waals surface area contributed by atoms with E-state index in [-0.39, 0.29) is 18.3 Å². The molecule has 1 saturated heterocycles. The van der Waals surface area contributed by atoms with Gasteiger partial charge in [-0.05, 0) is 42.2 Å². The monoisotopic (exact) mass is 471 g/mol.